The molecule has 28 heavy (non-hydrogen) atoms. The Morgan fingerprint density at radius 2 is 1.79 bits per heavy atom. The number of allylic oxidation sites excluding steroid dienone is 7. The van der Waals surface area contributed by atoms with Crippen molar-refractivity contribution in [2.45, 2.75) is 34.6 Å². The zero-order chi connectivity index (χ0) is 21.3. The Morgan fingerprint density at radius 3 is 2.32 bits per heavy atom. The maximum atomic E-state index is 12.4. The lowest BCUT2D eigenvalue weighted by molar-refractivity contribution is 0.259. The van der Waals surface area contributed by atoms with Crippen molar-refractivity contribution in [1.82, 2.24) is 0 Å². The molecular weight excluding hydrogens is 371 g/mol. The lowest BCUT2D eigenvalue weighted by Gasteiger charge is -2.14. The highest BCUT2D eigenvalue weighted by Gasteiger charge is 2.33. The number of benzene rings is 1. The average molecular weight is 400 g/mol. The molecule has 1 aliphatic rings. The number of hydrogen-bond acceptors (Lipinski definition) is 3. The standard InChI is InChI=1S/C21H23O4P.C2H6/c1-6-10-18-19(13-11-15(5)7-2)24-26(22,23)25-20-14-12-16(8-3)17(9-4)21(18)20;1-2/h6-14H,3-4H2,1-2,5H3,(H,22,23);1-2H3/b10-6+,13-11-,15-7+;. The van der Waals surface area contributed by atoms with Gasteiger partial charge in [0.05, 0.1) is 0 Å². The second kappa shape index (κ2) is 10.7. The number of hydrogen-bond donors (Lipinski definition) is 1. The highest BCUT2D eigenvalue weighted by atomic mass is 31.2. The second-order valence-corrected chi connectivity index (χ2v) is 6.95. The summed E-state index contributed by atoms with van der Waals surface area (Å²) in [6.45, 7) is 17.4. The highest BCUT2D eigenvalue weighted by Crippen LogP contribution is 2.53. The van der Waals surface area contributed by atoms with Gasteiger partial charge in [-0.3, -0.25) is 4.89 Å². The van der Waals surface area contributed by atoms with Crippen molar-refractivity contribution in [2.75, 3.05) is 0 Å². The summed E-state index contributed by atoms with van der Waals surface area (Å²) in [6.07, 6.45) is 12.4. The van der Waals surface area contributed by atoms with Crippen LogP contribution in [0.3, 0.4) is 0 Å². The van der Waals surface area contributed by atoms with E-state index in [1.807, 2.05) is 58.9 Å². The molecule has 2 rings (SSSR count). The molecule has 1 unspecified atom stereocenters. The van der Waals surface area contributed by atoms with Crippen LogP contribution in [0.4, 0.5) is 0 Å². The van der Waals surface area contributed by atoms with Crippen molar-refractivity contribution in [2.24, 2.45) is 0 Å². The van der Waals surface area contributed by atoms with Crippen LogP contribution in [0, 0.1) is 0 Å². The number of fused-ring (bicyclic) bond motifs is 1. The second-order valence-electron chi connectivity index (χ2n) is 5.64. The van der Waals surface area contributed by atoms with E-state index in [9.17, 15) is 9.46 Å². The maximum absolute atomic E-state index is 12.4. The maximum Gasteiger partial charge on any atom is 0.584 e. The molecule has 0 aromatic heterocycles. The molecule has 1 aliphatic heterocycles. The quantitative estimate of drug-likeness (QED) is 0.416. The third-order valence-corrected chi connectivity index (χ3v) is 4.77. The zero-order valence-electron chi connectivity index (χ0n) is 17.2. The molecule has 0 spiro atoms. The summed E-state index contributed by atoms with van der Waals surface area (Å²) in [4.78, 5) is 10.1. The van der Waals surface area contributed by atoms with Gasteiger partial charge in [0, 0.05) is 11.1 Å². The van der Waals surface area contributed by atoms with Crippen LogP contribution < -0.4 is 4.52 Å². The van der Waals surface area contributed by atoms with E-state index >= 15 is 0 Å². The van der Waals surface area contributed by atoms with Crippen LogP contribution >= 0.6 is 7.82 Å². The topological polar surface area (TPSA) is 55.8 Å². The smallest absolute Gasteiger partial charge is 0.395 e. The summed E-state index contributed by atoms with van der Waals surface area (Å²) < 4.78 is 23.1. The van der Waals surface area contributed by atoms with E-state index < -0.39 is 7.82 Å². The van der Waals surface area contributed by atoms with E-state index in [4.69, 9.17) is 9.05 Å². The molecule has 150 valence electrons. The molecule has 1 aromatic rings. The van der Waals surface area contributed by atoms with Gasteiger partial charge >= 0.3 is 7.82 Å². The monoisotopic (exact) mass is 400 g/mol. The minimum Gasteiger partial charge on any atom is -0.395 e. The molecule has 0 bridgehead atoms. The Bertz CT molecular complexity index is 901. The third kappa shape index (κ3) is 5.48. The summed E-state index contributed by atoms with van der Waals surface area (Å²) in [5.41, 5.74) is 3.85. The number of rotatable bonds is 5. The SMILES string of the molecule is C=Cc1ccc2c(c1C=C)C(/C=C/C)=C(/C=C\C(C)=C\C)OP(=O)(O)O2.CC. The van der Waals surface area contributed by atoms with Gasteiger partial charge in [0.1, 0.15) is 11.5 Å². The molecule has 0 fully saturated rings. The number of phosphoric ester groups is 1. The molecule has 1 N–H and O–H groups in total. The summed E-state index contributed by atoms with van der Waals surface area (Å²) in [7, 11) is -4.32. The molecule has 0 saturated heterocycles. The molecule has 1 aromatic carbocycles. The minimum absolute atomic E-state index is 0.248. The van der Waals surface area contributed by atoms with Gasteiger partial charge in [0.2, 0.25) is 0 Å². The third-order valence-electron chi connectivity index (χ3n) is 3.91. The lowest BCUT2D eigenvalue weighted by atomic mass is 9.92. The van der Waals surface area contributed by atoms with E-state index in [1.165, 1.54) is 0 Å². The molecule has 0 saturated carbocycles. The van der Waals surface area contributed by atoms with Gasteiger partial charge in [-0.05, 0) is 44.0 Å². The van der Waals surface area contributed by atoms with Crippen LogP contribution in [0.15, 0.2) is 67.0 Å². The van der Waals surface area contributed by atoms with Crippen LogP contribution in [-0.2, 0) is 9.09 Å². The minimum atomic E-state index is -4.32. The van der Waals surface area contributed by atoms with Crippen molar-refractivity contribution >= 4 is 25.5 Å². The summed E-state index contributed by atoms with van der Waals surface area (Å²) in [6, 6.07) is 3.40. The summed E-state index contributed by atoms with van der Waals surface area (Å²) >= 11 is 0. The average Bonchev–Trinajstić information content (AvgIpc) is 2.80. The van der Waals surface area contributed by atoms with E-state index in [0.717, 1.165) is 16.7 Å². The fourth-order valence-corrected chi connectivity index (χ4v) is 3.41. The zero-order valence-corrected chi connectivity index (χ0v) is 18.1. The first-order valence-electron chi connectivity index (χ1n) is 9.19. The van der Waals surface area contributed by atoms with Gasteiger partial charge in [-0.15, -0.1) is 0 Å². The van der Waals surface area contributed by atoms with Crippen LogP contribution in [0.1, 0.15) is 51.3 Å². The van der Waals surface area contributed by atoms with E-state index in [2.05, 4.69) is 13.2 Å². The molecule has 5 heteroatoms. The van der Waals surface area contributed by atoms with E-state index in [0.29, 0.717) is 11.1 Å². The first-order valence-corrected chi connectivity index (χ1v) is 10.7. The van der Waals surface area contributed by atoms with Gasteiger partial charge in [0.25, 0.3) is 0 Å². The van der Waals surface area contributed by atoms with Crippen molar-refractivity contribution in [3.8, 4) is 5.75 Å². The Kier molecular flexibility index (Phi) is 8.98. The van der Waals surface area contributed by atoms with Gasteiger partial charge in [-0.25, -0.2) is 4.57 Å². The van der Waals surface area contributed by atoms with Crippen LogP contribution in [0.25, 0.3) is 17.7 Å². The van der Waals surface area contributed by atoms with E-state index in [-0.39, 0.29) is 11.5 Å². The fourth-order valence-electron chi connectivity index (χ4n) is 2.56. The molecular formula is C23H29O4P. The predicted octanol–water partition coefficient (Wildman–Crippen LogP) is 7.32. The molecule has 0 aliphatic carbocycles. The van der Waals surface area contributed by atoms with Crippen molar-refractivity contribution < 1.29 is 18.5 Å². The largest absolute Gasteiger partial charge is 0.584 e. The molecule has 1 heterocycles. The molecule has 1 atom stereocenters. The first kappa shape index (κ1) is 23.5. The molecule has 0 radical (unpaired) electrons. The van der Waals surface area contributed by atoms with Crippen molar-refractivity contribution in [3.63, 3.8) is 0 Å². The fraction of sp³-hybridized carbons (Fsp3) is 0.217. The highest BCUT2D eigenvalue weighted by molar-refractivity contribution is 7.48. The van der Waals surface area contributed by atoms with Gasteiger partial charge in [0.15, 0.2) is 0 Å². The Morgan fingerprint density at radius 1 is 1.11 bits per heavy atom. The van der Waals surface area contributed by atoms with Crippen LogP contribution in [0.5, 0.6) is 5.75 Å². The van der Waals surface area contributed by atoms with Crippen molar-refractivity contribution in [3.05, 3.63) is 83.7 Å². The van der Waals surface area contributed by atoms with Gasteiger partial charge < -0.3 is 9.05 Å². The molecule has 4 nitrogen and oxygen atoms in total. The summed E-state index contributed by atoms with van der Waals surface area (Å²) in [5, 5.41) is 0. The Balaban J connectivity index is 0.00000190. The molecule has 0 amide bonds. The van der Waals surface area contributed by atoms with Gasteiger partial charge in [-0.2, -0.15) is 0 Å². The Labute approximate surface area is 168 Å². The number of phosphoric acid groups is 1. The van der Waals surface area contributed by atoms with E-state index in [1.54, 1.807) is 30.4 Å². The Hall–Kier alpha value is -2.55. The first-order chi connectivity index (χ1) is 13.4. The predicted molar refractivity (Wildman–Crippen MR) is 120 cm³/mol. The van der Waals surface area contributed by atoms with Crippen LogP contribution in [-0.4, -0.2) is 4.89 Å². The van der Waals surface area contributed by atoms with Crippen molar-refractivity contribution in [1.29, 1.82) is 0 Å². The van der Waals surface area contributed by atoms with Crippen LogP contribution in [0.2, 0.25) is 0 Å². The lowest BCUT2D eigenvalue weighted by Crippen LogP contribution is -1.96. The summed E-state index contributed by atoms with van der Waals surface area (Å²) in [5.74, 6) is 0.508. The normalized spacial score (nSPS) is 19.3. The van der Waals surface area contributed by atoms with Gasteiger partial charge in [-0.1, -0.05) is 75.1 Å².